The lowest BCUT2D eigenvalue weighted by atomic mass is 10.1. The van der Waals surface area contributed by atoms with Crippen LogP contribution in [-0.4, -0.2) is 52.5 Å². The van der Waals surface area contributed by atoms with Crippen molar-refractivity contribution < 1.29 is 13.2 Å². The van der Waals surface area contributed by atoms with Gasteiger partial charge >= 0.3 is 0 Å². The lowest BCUT2D eigenvalue weighted by Gasteiger charge is -2.23. The fraction of sp³-hybridized carbons (Fsp3) is 0.500. The van der Waals surface area contributed by atoms with Crippen LogP contribution < -0.4 is 10.0 Å². The molecule has 6 nitrogen and oxygen atoms in total. The van der Waals surface area contributed by atoms with Gasteiger partial charge in [-0.3, -0.25) is 4.79 Å². The number of carbonyl (C=O) groups excluding carboxylic acids is 1. The van der Waals surface area contributed by atoms with Gasteiger partial charge in [-0.25, -0.2) is 13.1 Å². The number of sulfonamides is 1. The number of benzene rings is 1. The minimum Gasteiger partial charge on any atom is -0.345 e. The fourth-order valence-electron chi connectivity index (χ4n) is 2.26. The highest BCUT2D eigenvalue weighted by Crippen LogP contribution is 2.14. The molecule has 0 aromatic heterocycles. The van der Waals surface area contributed by atoms with Crippen LogP contribution in [0.1, 0.15) is 23.2 Å². The minimum atomic E-state index is -3.53. The van der Waals surface area contributed by atoms with Gasteiger partial charge < -0.3 is 10.2 Å². The molecule has 1 fully saturated rings. The van der Waals surface area contributed by atoms with Gasteiger partial charge in [0.1, 0.15) is 0 Å². The van der Waals surface area contributed by atoms with E-state index in [9.17, 15) is 13.2 Å². The zero-order valence-corrected chi connectivity index (χ0v) is 13.1. The van der Waals surface area contributed by atoms with Gasteiger partial charge in [0, 0.05) is 25.7 Å². The molecule has 0 unspecified atom stereocenters. The average Bonchev–Trinajstić information content (AvgIpc) is 2.47. The van der Waals surface area contributed by atoms with Gasteiger partial charge in [-0.2, -0.15) is 0 Å². The van der Waals surface area contributed by atoms with E-state index >= 15 is 0 Å². The number of hydrogen-bond donors (Lipinski definition) is 2. The highest BCUT2D eigenvalue weighted by Gasteiger charge is 2.22. The topological polar surface area (TPSA) is 78.5 Å². The third-order valence-corrected chi connectivity index (χ3v) is 5.02. The van der Waals surface area contributed by atoms with Gasteiger partial charge in [0.05, 0.1) is 4.90 Å². The van der Waals surface area contributed by atoms with Crippen molar-refractivity contribution in [1.29, 1.82) is 0 Å². The molecule has 2 rings (SSSR count). The van der Waals surface area contributed by atoms with Crippen LogP contribution in [0.2, 0.25) is 0 Å². The van der Waals surface area contributed by atoms with Gasteiger partial charge in [0.2, 0.25) is 10.0 Å². The monoisotopic (exact) mass is 311 g/mol. The molecule has 1 amide bonds. The van der Waals surface area contributed by atoms with Gasteiger partial charge in [0.25, 0.3) is 5.91 Å². The van der Waals surface area contributed by atoms with E-state index in [0.29, 0.717) is 5.56 Å². The van der Waals surface area contributed by atoms with Crippen LogP contribution >= 0.6 is 0 Å². The zero-order valence-electron chi connectivity index (χ0n) is 12.3. The highest BCUT2D eigenvalue weighted by molar-refractivity contribution is 7.89. The minimum absolute atomic E-state index is 0.0284. The molecular formula is C14H21N3O3S. The largest absolute Gasteiger partial charge is 0.345 e. The summed E-state index contributed by atoms with van der Waals surface area (Å²) in [4.78, 5) is 13.4. The van der Waals surface area contributed by atoms with E-state index in [4.69, 9.17) is 0 Å². The molecule has 116 valence electrons. The van der Waals surface area contributed by atoms with E-state index in [1.54, 1.807) is 26.2 Å². The van der Waals surface area contributed by atoms with E-state index in [1.807, 2.05) is 0 Å². The summed E-state index contributed by atoms with van der Waals surface area (Å²) >= 11 is 0. The average molecular weight is 311 g/mol. The Bertz CT molecular complexity index is 590. The molecule has 0 spiro atoms. The van der Waals surface area contributed by atoms with Crippen molar-refractivity contribution in [2.45, 2.75) is 23.8 Å². The number of piperidine rings is 1. The molecule has 2 N–H and O–H groups in total. The quantitative estimate of drug-likeness (QED) is 0.845. The number of nitrogens with zero attached hydrogens (tertiary/aromatic N) is 1. The molecule has 0 radical (unpaired) electrons. The van der Waals surface area contributed by atoms with Crippen LogP contribution in [0.4, 0.5) is 0 Å². The number of amides is 1. The van der Waals surface area contributed by atoms with Crippen LogP contribution in [0, 0.1) is 0 Å². The Kier molecular flexibility index (Phi) is 4.97. The Morgan fingerprint density at radius 1 is 1.19 bits per heavy atom. The standard InChI is InChI=1S/C14H21N3O3S/c1-17(2)14(18)11-3-5-13(6-4-11)21(19,20)16-12-7-9-15-10-8-12/h3-6,12,15-16H,7-10H2,1-2H3. The third kappa shape index (κ3) is 4.03. The second kappa shape index (κ2) is 6.55. The Balaban J connectivity index is 2.11. The first-order valence-electron chi connectivity index (χ1n) is 6.95. The molecule has 1 aromatic carbocycles. The molecule has 1 saturated heterocycles. The first kappa shape index (κ1) is 15.9. The SMILES string of the molecule is CN(C)C(=O)c1ccc(S(=O)(=O)NC2CCNCC2)cc1. The molecule has 0 bridgehead atoms. The predicted molar refractivity (Wildman–Crippen MR) is 80.7 cm³/mol. The van der Waals surface area contributed by atoms with Crippen molar-refractivity contribution in [3.05, 3.63) is 29.8 Å². The second-order valence-corrected chi connectivity index (χ2v) is 7.08. The van der Waals surface area contributed by atoms with Gasteiger partial charge in [-0.1, -0.05) is 0 Å². The van der Waals surface area contributed by atoms with Crippen molar-refractivity contribution >= 4 is 15.9 Å². The maximum Gasteiger partial charge on any atom is 0.253 e. The summed E-state index contributed by atoms with van der Waals surface area (Å²) in [7, 11) is -0.209. The summed E-state index contributed by atoms with van der Waals surface area (Å²) in [6.45, 7) is 1.65. The van der Waals surface area contributed by atoms with Gasteiger partial charge in [-0.05, 0) is 50.2 Å². The normalized spacial score (nSPS) is 16.7. The Morgan fingerprint density at radius 2 is 1.76 bits per heavy atom. The Labute approximate surface area is 125 Å². The molecule has 1 heterocycles. The number of rotatable bonds is 4. The first-order chi connectivity index (χ1) is 9.90. The van der Waals surface area contributed by atoms with Crippen LogP contribution in [-0.2, 0) is 10.0 Å². The lowest BCUT2D eigenvalue weighted by molar-refractivity contribution is 0.0827. The molecule has 1 aromatic rings. The summed E-state index contributed by atoms with van der Waals surface area (Å²) in [5.74, 6) is -0.148. The first-order valence-corrected chi connectivity index (χ1v) is 8.43. The lowest BCUT2D eigenvalue weighted by Crippen LogP contribution is -2.42. The van der Waals surface area contributed by atoms with Crippen LogP contribution in [0.5, 0.6) is 0 Å². The van der Waals surface area contributed by atoms with E-state index in [1.165, 1.54) is 17.0 Å². The van der Waals surface area contributed by atoms with Crippen molar-refractivity contribution in [2.24, 2.45) is 0 Å². The van der Waals surface area contributed by atoms with Crippen molar-refractivity contribution in [3.8, 4) is 0 Å². The highest BCUT2D eigenvalue weighted by atomic mass is 32.2. The third-order valence-electron chi connectivity index (χ3n) is 3.48. The second-order valence-electron chi connectivity index (χ2n) is 5.37. The van der Waals surface area contributed by atoms with Gasteiger partial charge in [0.15, 0.2) is 0 Å². The van der Waals surface area contributed by atoms with E-state index in [2.05, 4.69) is 10.0 Å². The summed E-state index contributed by atoms with van der Waals surface area (Å²) in [6, 6.07) is 6.00. The smallest absolute Gasteiger partial charge is 0.253 e. The maximum atomic E-state index is 12.3. The summed E-state index contributed by atoms with van der Waals surface area (Å²) in [6.07, 6.45) is 1.58. The maximum absolute atomic E-state index is 12.3. The van der Waals surface area contributed by atoms with E-state index in [0.717, 1.165) is 25.9 Å². The summed E-state index contributed by atoms with van der Waals surface area (Å²) in [5.41, 5.74) is 0.473. The van der Waals surface area contributed by atoms with Crippen molar-refractivity contribution in [3.63, 3.8) is 0 Å². The van der Waals surface area contributed by atoms with Crippen LogP contribution in [0.15, 0.2) is 29.2 Å². The van der Waals surface area contributed by atoms with Gasteiger partial charge in [-0.15, -0.1) is 0 Å². The van der Waals surface area contributed by atoms with Crippen LogP contribution in [0.3, 0.4) is 0 Å². The number of carbonyl (C=O) groups is 1. The van der Waals surface area contributed by atoms with Crippen molar-refractivity contribution in [1.82, 2.24) is 14.9 Å². The molecule has 0 saturated carbocycles. The molecule has 1 aliphatic rings. The molecule has 1 aliphatic heterocycles. The number of hydrogen-bond acceptors (Lipinski definition) is 4. The Morgan fingerprint density at radius 3 is 2.29 bits per heavy atom. The van der Waals surface area contributed by atoms with E-state index in [-0.39, 0.29) is 16.8 Å². The summed E-state index contributed by atoms with van der Waals surface area (Å²) < 4.78 is 27.3. The fourth-order valence-corrected chi connectivity index (χ4v) is 3.57. The Hall–Kier alpha value is -1.44. The zero-order chi connectivity index (χ0) is 15.5. The molecule has 21 heavy (non-hydrogen) atoms. The molecule has 7 heteroatoms. The van der Waals surface area contributed by atoms with Crippen LogP contribution in [0.25, 0.3) is 0 Å². The molecule has 0 aliphatic carbocycles. The number of nitrogens with one attached hydrogen (secondary N) is 2. The van der Waals surface area contributed by atoms with E-state index < -0.39 is 10.0 Å². The molecular weight excluding hydrogens is 290 g/mol. The predicted octanol–water partition coefficient (Wildman–Crippen LogP) is 0.419. The molecule has 0 atom stereocenters. The summed E-state index contributed by atoms with van der Waals surface area (Å²) in [5, 5.41) is 3.19. The van der Waals surface area contributed by atoms with Crippen molar-refractivity contribution in [2.75, 3.05) is 27.2 Å².